The molecule has 0 atom stereocenters. The number of allylic oxidation sites excluding steroid dienone is 1. The van der Waals surface area contributed by atoms with Gasteiger partial charge in [0.15, 0.2) is 0 Å². The quantitative estimate of drug-likeness (QED) is 0.640. The Balaban J connectivity index is 2.83. The number of nitrogens with zero attached hydrogens (tertiary/aromatic N) is 2. The standard InChI is InChI=1S/C11H12N2/c1-13(2)11-7-5-10(6-8-11)4-3-9-12/h3-8H,1-2H3/b4-3+. The van der Waals surface area contributed by atoms with Gasteiger partial charge in [-0.1, -0.05) is 12.1 Å². The molecular formula is C11H12N2. The number of hydrogen-bond acceptors (Lipinski definition) is 2. The van der Waals surface area contributed by atoms with Gasteiger partial charge in [0.05, 0.1) is 6.07 Å². The molecule has 0 saturated carbocycles. The van der Waals surface area contributed by atoms with Crippen molar-refractivity contribution in [3.63, 3.8) is 0 Å². The Morgan fingerprint density at radius 1 is 1.23 bits per heavy atom. The topological polar surface area (TPSA) is 27.0 Å². The minimum absolute atomic E-state index is 1.05. The van der Waals surface area contributed by atoms with E-state index in [0.29, 0.717) is 0 Å². The minimum Gasteiger partial charge on any atom is -0.378 e. The highest BCUT2D eigenvalue weighted by Gasteiger charge is 1.92. The number of nitriles is 1. The highest BCUT2D eigenvalue weighted by molar-refractivity contribution is 5.56. The molecule has 0 fully saturated rings. The molecule has 0 N–H and O–H groups in total. The van der Waals surface area contributed by atoms with Crippen molar-refractivity contribution in [3.8, 4) is 6.07 Å². The average molecular weight is 172 g/mol. The number of benzene rings is 1. The molecule has 0 amide bonds. The van der Waals surface area contributed by atoms with E-state index < -0.39 is 0 Å². The first-order valence-electron chi connectivity index (χ1n) is 4.07. The zero-order chi connectivity index (χ0) is 9.68. The predicted octanol–water partition coefficient (Wildman–Crippen LogP) is 2.29. The average Bonchev–Trinajstić information content (AvgIpc) is 2.15. The summed E-state index contributed by atoms with van der Waals surface area (Å²) in [6, 6.07) is 9.99. The monoisotopic (exact) mass is 172 g/mol. The van der Waals surface area contributed by atoms with E-state index in [1.807, 2.05) is 49.3 Å². The second-order valence-electron chi connectivity index (χ2n) is 2.95. The molecule has 0 spiro atoms. The maximum atomic E-state index is 8.33. The first-order valence-corrected chi connectivity index (χ1v) is 4.07. The first-order chi connectivity index (χ1) is 6.24. The fourth-order valence-electron chi connectivity index (χ4n) is 1.02. The highest BCUT2D eigenvalue weighted by atomic mass is 15.1. The van der Waals surface area contributed by atoms with E-state index in [2.05, 4.69) is 0 Å². The lowest BCUT2D eigenvalue weighted by Crippen LogP contribution is -2.07. The molecule has 0 saturated heterocycles. The smallest absolute Gasteiger partial charge is 0.0912 e. The SMILES string of the molecule is CN(C)c1ccc(/C=C/C#N)cc1. The molecule has 0 aliphatic carbocycles. The first kappa shape index (κ1) is 9.34. The molecule has 1 rings (SSSR count). The number of anilines is 1. The Bertz CT molecular complexity index is 328. The van der Waals surface area contributed by atoms with Gasteiger partial charge < -0.3 is 4.90 Å². The van der Waals surface area contributed by atoms with E-state index in [4.69, 9.17) is 5.26 Å². The molecular weight excluding hydrogens is 160 g/mol. The van der Waals surface area contributed by atoms with Crippen molar-refractivity contribution in [1.82, 2.24) is 0 Å². The van der Waals surface area contributed by atoms with E-state index >= 15 is 0 Å². The van der Waals surface area contributed by atoms with Crippen LogP contribution in [-0.2, 0) is 0 Å². The predicted molar refractivity (Wildman–Crippen MR) is 55.4 cm³/mol. The summed E-state index contributed by atoms with van der Waals surface area (Å²) in [7, 11) is 4.00. The van der Waals surface area contributed by atoms with Gasteiger partial charge in [-0.2, -0.15) is 5.26 Å². The molecule has 0 unspecified atom stereocenters. The normalized spacial score (nSPS) is 9.92. The van der Waals surface area contributed by atoms with E-state index in [1.54, 1.807) is 6.08 Å². The van der Waals surface area contributed by atoms with Gasteiger partial charge in [-0.05, 0) is 23.8 Å². The molecule has 0 bridgehead atoms. The molecule has 0 aliphatic rings. The molecule has 0 aliphatic heterocycles. The van der Waals surface area contributed by atoms with Crippen LogP contribution >= 0.6 is 0 Å². The van der Waals surface area contributed by atoms with Gasteiger partial charge in [0, 0.05) is 25.9 Å². The van der Waals surface area contributed by atoms with E-state index in [9.17, 15) is 0 Å². The summed E-state index contributed by atoms with van der Waals surface area (Å²) in [5, 5.41) is 8.33. The van der Waals surface area contributed by atoms with Gasteiger partial charge in [-0.15, -0.1) is 0 Å². The van der Waals surface area contributed by atoms with Crippen LogP contribution < -0.4 is 4.90 Å². The largest absolute Gasteiger partial charge is 0.378 e. The third kappa shape index (κ3) is 2.64. The van der Waals surface area contributed by atoms with Crippen LogP contribution in [0.4, 0.5) is 5.69 Å². The minimum atomic E-state index is 1.05. The van der Waals surface area contributed by atoms with Crippen molar-refractivity contribution in [2.24, 2.45) is 0 Å². The van der Waals surface area contributed by atoms with Crippen LogP contribution in [0.1, 0.15) is 5.56 Å². The summed E-state index contributed by atoms with van der Waals surface area (Å²) in [6.45, 7) is 0. The molecule has 2 heteroatoms. The van der Waals surface area contributed by atoms with Gasteiger partial charge in [-0.3, -0.25) is 0 Å². The van der Waals surface area contributed by atoms with E-state index in [1.165, 1.54) is 6.08 Å². The van der Waals surface area contributed by atoms with Crippen LogP contribution in [-0.4, -0.2) is 14.1 Å². The zero-order valence-corrected chi connectivity index (χ0v) is 7.86. The van der Waals surface area contributed by atoms with Crippen LogP contribution in [0.5, 0.6) is 0 Å². The Hall–Kier alpha value is -1.75. The maximum Gasteiger partial charge on any atom is 0.0912 e. The molecule has 1 aromatic carbocycles. The van der Waals surface area contributed by atoms with E-state index in [-0.39, 0.29) is 0 Å². The van der Waals surface area contributed by atoms with Crippen molar-refractivity contribution >= 4 is 11.8 Å². The van der Waals surface area contributed by atoms with Gasteiger partial charge >= 0.3 is 0 Å². The third-order valence-electron chi connectivity index (χ3n) is 1.76. The van der Waals surface area contributed by atoms with Crippen molar-refractivity contribution in [1.29, 1.82) is 5.26 Å². The molecule has 0 radical (unpaired) electrons. The summed E-state index contributed by atoms with van der Waals surface area (Å²) < 4.78 is 0. The summed E-state index contributed by atoms with van der Waals surface area (Å²) in [5.74, 6) is 0. The fraction of sp³-hybridized carbons (Fsp3) is 0.182. The van der Waals surface area contributed by atoms with Crippen molar-refractivity contribution in [2.45, 2.75) is 0 Å². The third-order valence-corrected chi connectivity index (χ3v) is 1.76. The second kappa shape index (κ2) is 4.32. The highest BCUT2D eigenvalue weighted by Crippen LogP contribution is 2.12. The van der Waals surface area contributed by atoms with Gasteiger partial charge in [0.25, 0.3) is 0 Å². The van der Waals surface area contributed by atoms with Crippen molar-refractivity contribution in [2.75, 3.05) is 19.0 Å². The number of rotatable bonds is 2. The lowest BCUT2D eigenvalue weighted by atomic mass is 10.2. The van der Waals surface area contributed by atoms with Crippen LogP contribution in [0.25, 0.3) is 6.08 Å². The van der Waals surface area contributed by atoms with Crippen LogP contribution in [0.2, 0.25) is 0 Å². The maximum absolute atomic E-state index is 8.33. The Kier molecular flexibility index (Phi) is 3.10. The Morgan fingerprint density at radius 3 is 2.31 bits per heavy atom. The fourth-order valence-corrected chi connectivity index (χ4v) is 1.02. The Morgan fingerprint density at radius 2 is 1.85 bits per heavy atom. The van der Waals surface area contributed by atoms with Crippen molar-refractivity contribution in [3.05, 3.63) is 35.9 Å². The molecule has 2 nitrogen and oxygen atoms in total. The zero-order valence-electron chi connectivity index (χ0n) is 7.86. The van der Waals surface area contributed by atoms with Gasteiger partial charge in [0.2, 0.25) is 0 Å². The van der Waals surface area contributed by atoms with Gasteiger partial charge in [-0.25, -0.2) is 0 Å². The molecule has 1 aromatic rings. The number of hydrogen-bond donors (Lipinski definition) is 0. The lowest BCUT2D eigenvalue weighted by molar-refractivity contribution is 1.13. The Labute approximate surface area is 78.7 Å². The van der Waals surface area contributed by atoms with Crippen LogP contribution in [0.3, 0.4) is 0 Å². The van der Waals surface area contributed by atoms with Gasteiger partial charge in [0.1, 0.15) is 0 Å². The molecule has 0 aromatic heterocycles. The summed E-state index contributed by atoms with van der Waals surface area (Å²) in [5.41, 5.74) is 2.21. The van der Waals surface area contributed by atoms with Crippen LogP contribution in [0, 0.1) is 11.3 Å². The summed E-state index contributed by atoms with van der Waals surface area (Å²) in [4.78, 5) is 2.04. The summed E-state index contributed by atoms with van der Waals surface area (Å²) in [6.07, 6.45) is 3.27. The second-order valence-corrected chi connectivity index (χ2v) is 2.95. The van der Waals surface area contributed by atoms with Crippen LogP contribution in [0.15, 0.2) is 30.3 Å². The molecule has 0 heterocycles. The summed E-state index contributed by atoms with van der Waals surface area (Å²) >= 11 is 0. The van der Waals surface area contributed by atoms with E-state index in [0.717, 1.165) is 11.3 Å². The molecule has 13 heavy (non-hydrogen) atoms. The molecule has 66 valence electrons. The lowest BCUT2D eigenvalue weighted by Gasteiger charge is -2.11. The van der Waals surface area contributed by atoms with Crippen molar-refractivity contribution < 1.29 is 0 Å².